The van der Waals surface area contributed by atoms with E-state index < -0.39 is 0 Å². The van der Waals surface area contributed by atoms with Crippen LogP contribution in [0.4, 0.5) is 5.00 Å². The third-order valence-electron chi connectivity index (χ3n) is 4.30. The van der Waals surface area contributed by atoms with Gasteiger partial charge in [0.25, 0.3) is 5.91 Å². The lowest BCUT2D eigenvalue weighted by Crippen LogP contribution is -2.36. The van der Waals surface area contributed by atoms with Gasteiger partial charge in [0.15, 0.2) is 0 Å². The smallest absolute Gasteiger partial charge is 0.262 e. The molecular formula is C19H18Cl3N3O2S. The standard InChI is InChI=1S/C19H18Cl3N3O2S/c20-4-1-5-24-18(26)17-16(13-3-2-12(21)10-15(13)22)14(11-23)19(28-17)25-6-8-27-9-7-25/h2-3,10H,1,4-9H2,(H,24,26). The predicted molar refractivity (Wildman–Crippen MR) is 115 cm³/mol. The molecule has 2 heterocycles. The molecule has 1 fully saturated rings. The van der Waals surface area contributed by atoms with Gasteiger partial charge >= 0.3 is 0 Å². The summed E-state index contributed by atoms with van der Waals surface area (Å²) in [6.07, 6.45) is 0.664. The maximum Gasteiger partial charge on any atom is 0.262 e. The van der Waals surface area contributed by atoms with Crippen LogP contribution < -0.4 is 10.2 Å². The molecule has 5 nitrogen and oxygen atoms in total. The zero-order chi connectivity index (χ0) is 20.1. The summed E-state index contributed by atoms with van der Waals surface area (Å²) in [6.45, 7) is 2.95. The maximum atomic E-state index is 12.9. The number of morpholine rings is 1. The number of hydrogen-bond acceptors (Lipinski definition) is 5. The van der Waals surface area contributed by atoms with Gasteiger partial charge in [-0.15, -0.1) is 22.9 Å². The molecule has 1 saturated heterocycles. The normalized spacial score (nSPS) is 14.0. The molecule has 0 radical (unpaired) electrons. The number of carbonyl (C=O) groups is 1. The number of halogens is 3. The van der Waals surface area contributed by atoms with E-state index in [1.807, 2.05) is 0 Å². The van der Waals surface area contributed by atoms with Crippen molar-refractivity contribution in [3.05, 3.63) is 38.7 Å². The Labute approximate surface area is 182 Å². The van der Waals surface area contributed by atoms with Crippen LogP contribution in [0, 0.1) is 11.3 Å². The summed E-state index contributed by atoms with van der Waals surface area (Å²) in [7, 11) is 0. The molecule has 0 bridgehead atoms. The van der Waals surface area contributed by atoms with Gasteiger partial charge in [-0.05, 0) is 18.6 Å². The second kappa shape index (κ2) is 9.82. The Hall–Kier alpha value is -1.49. The van der Waals surface area contributed by atoms with Gasteiger partial charge in [0.2, 0.25) is 0 Å². The largest absolute Gasteiger partial charge is 0.378 e. The van der Waals surface area contributed by atoms with E-state index in [1.165, 1.54) is 11.3 Å². The number of thiophene rings is 1. The number of ether oxygens (including phenoxy) is 1. The fraction of sp³-hybridized carbons (Fsp3) is 0.368. The molecule has 0 saturated carbocycles. The Balaban J connectivity index is 2.11. The zero-order valence-corrected chi connectivity index (χ0v) is 18.0. The summed E-state index contributed by atoms with van der Waals surface area (Å²) < 4.78 is 5.41. The molecule has 1 aliphatic heterocycles. The number of anilines is 1. The zero-order valence-electron chi connectivity index (χ0n) is 14.9. The number of rotatable bonds is 6. The lowest BCUT2D eigenvalue weighted by Gasteiger charge is -2.27. The third-order valence-corrected chi connectivity index (χ3v) is 6.37. The number of carbonyl (C=O) groups excluding carboxylic acids is 1. The van der Waals surface area contributed by atoms with Crippen LogP contribution in [0.15, 0.2) is 18.2 Å². The van der Waals surface area contributed by atoms with Crippen LogP contribution in [0.25, 0.3) is 11.1 Å². The number of nitriles is 1. The van der Waals surface area contributed by atoms with Crippen LogP contribution >= 0.6 is 46.1 Å². The van der Waals surface area contributed by atoms with Crippen LogP contribution in [0.5, 0.6) is 0 Å². The molecule has 9 heteroatoms. The van der Waals surface area contributed by atoms with Gasteiger partial charge in [-0.2, -0.15) is 5.26 Å². The molecule has 0 aliphatic carbocycles. The molecule has 0 spiro atoms. The molecule has 1 N–H and O–H groups in total. The average molecular weight is 459 g/mol. The van der Waals surface area contributed by atoms with Crippen molar-refractivity contribution in [3.63, 3.8) is 0 Å². The first kappa shape index (κ1) is 21.2. The van der Waals surface area contributed by atoms with Crippen molar-refractivity contribution in [1.82, 2.24) is 5.32 Å². The van der Waals surface area contributed by atoms with E-state index in [0.717, 1.165) is 5.00 Å². The number of nitrogens with zero attached hydrogens (tertiary/aromatic N) is 2. The summed E-state index contributed by atoms with van der Waals surface area (Å²) in [4.78, 5) is 15.4. The van der Waals surface area contributed by atoms with Crippen molar-refractivity contribution >= 4 is 57.0 Å². The molecule has 3 rings (SSSR count). The van der Waals surface area contributed by atoms with Gasteiger partial charge in [-0.3, -0.25) is 4.79 Å². The fourth-order valence-corrected chi connectivity index (χ4v) is 4.84. The lowest BCUT2D eigenvalue weighted by atomic mass is 10.0. The Morgan fingerprint density at radius 2 is 2.07 bits per heavy atom. The SMILES string of the molecule is N#Cc1c(N2CCOCC2)sc(C(=O)NCCCCl)c1-c1ccc(Cl)cc1Cl. The van der Waals surface area contributed by atoms with Crippen LogP contribution in [0.2, 0.25) is 10.0 Å². The first-order valence-electron chi connectivity index (χ1n) is 8.76. The van der Waals surface area contributed by atoms with Gasteiger partial charge in [-0.1, -0.05) is 29.3 Å². The Morgan fingerprint density at radius 1 is 1.32 bits per heavy atom. The fourth-order valence-electron chi connectivity index (χ4n) is 2.97. The molecule has 1 aromatic carbocycles. The maximum absolute atomic E-state index is 12.9. The van der Waals surface area contributed by atoms with Crippen molar-refractivity contribution in [2.75, 3.05) is 43.6 Å². The minimum Gasteiger partial charge on any atom is -0.378 e. The Kier molecular flexibility index (Phi) is 7.44. The van der Waals surface area contributed by atoms with E-state index in [0.29, 0.717) is 76.8 Å². The highest BCUT2D eigenvalue weighted by Gasteiger charge is 2.28. The molecule has 1 aliphatic rings. The minimum atomic E-state index is -0.243. The van der Waals surface area contributed by atoms with Gasteiger partial charge < -0.3 is 15.0 Å². The van der Waals surface area contributed by atoms with Crippen molar-refractivity contribution < 1.29 is 9.53 Å². The molecule has 1 amide bonds. The van der Waals surface area contributed by atoms with Crippen LogP contribution in [-0.2, 0) is 4.74 Å². The van der Waals surface area contributed by atoms with Crippen LogP contribution in [0.3, 0.4) is 0 Å². The second-order valence-corrected chi connectivity index (χ2v) is 8.34. The average Bonchev–Trinajstić information content (AvgIpc) is 3.08. The van der Waals surface area contributed by atoms with Gasteiger partial charge in [-0.25, -0.2) is 0 Å². The topological polar surface area (TPSA) is 65.4 Å². The Bertz CT molecular complexity index is 905. The van der Waals surface area contributed by atoms with Gasteiger partial charge in [0, 0.05) is 46.7 Å². The van der Waals surface area contributed by atoms with E-state index >= 15 is 0 Å². The van der Waals surface area contributed by atoms with Gasteiger partial charge in [0.05, 0.1) is 18.8 Å². The summed E-state index contributed by atoms with van der Waals surface area (Å²) >= 11 is 19.5. The van der Waals surface area contributed by atoms with E-state index in [1.54, 1.807) is 18.2 Å². The minimum absolute atomic E-state index is 0.243. The van der Waals surface area contributed by atoms with Crippen molar-refractivity contribution in [2.45, 2.75) is 6.42 Å². The second-order valence-electron chi connectivity index (χ2n) is 6.12. The quantitative estimate of drug-likeness (QED) is 0.499. The van der Waals surface area contributed by atoms with Crippen LogP contribution in [0.1, 0.15) is 21.7 Å². The molecule has 1 aromatic heterocycles. The van der Waals surface area contributed by atoms with E-state index in [2.05, 4.69) is 16.3 Å². The van der Waals surface area contributed by atoms with E-state index in [4.69, 9.17) is 39.5 Å². The summed E-state index contributed by atoms with van der Waals surface area (Å²) in [6, 6.07) is 7.33. The van der Waals surface area contributed by atoms with Crippen LogP contribution in [-0.4, -0.2) is 44.6 Å². The Morgan fingerprint density at radius 3 is 2.71 bits per heavy atom. The molecule has 0 unspecified atom stereocenters. The number of benzene rings is 1. The molecule has 2 aromatic rings. The number of alkyl halides is 1. The van der Waals surface area contributed by atoms with Crippen molar-refractivity contribution in [1.29, 1.82) is 5.26 Å². The molecule has 0 atom stereocenters. The monoisotopic (exact) mass is 457 g/mol. The first-order chi connectivity index (χ1) is 13.6. The first-order valence-corrected chi connectivity index (χ1v) is 10.9. The molecular weight excluding hydrogens is 441 g/mol. The predicted octanol–water partition coefficient (Wildman–Crippen LogP) is 4.79. The van der Waals surface area contributed by atoms with Crippen molar-refractivity contribution in [3.8, 4) is 17.2 Å². The summed E-state index contributed by atoms with van der Waals surface area (Å²) in [5.74, 6) is 0.218. The van der Waals surface area contributed by atoms with Crippen molar-refractivity contribution in [2.24, 2.45) is 0 Å². The molecule has 28 heavy (non-hydrogen) atoms. The van der Waals surface area contributed by atoms with E-state index in [9.17, 15) is 10.1 Å². The highest BCUT2D eigenvalue weighted by atomic mass is 35.5. The highest BCUT2D eigenvalue weighted by molar-refractivity contribution is 7.19. The highest BCUT2D eigenvalue weighted by Crippen LogP contribution is 2.44. The number of nitrogens with one attached hydrogen (secondary N) is 1. The van der Waals surface area contributed by atoms with E-state index in [-0.39, 0.29) is 5.91 Å². The molecule has 148 valence electrons. The number of hydrogen-bond donors (Lipinski definition) is 1. The lowest BCUT2D eigenvalue weighted by molar-refractivity contribution is 0.0958. The number of amides is 1. The van der Waals surface area contributed by atoms with Gasteiger partial charge in [0.1, 0.15) is 15.9 Å². The summed E-state index contributed by atoms with van der Waals surface area (Å²) in [5, 5.41) is 14.4. The third kappa shape index (κ3) is 4.56. The summed E-state index contributed by atoms with van der Waals surface area (Å²) in [5.41, 5.74) is 1.60.